The molecule has 2 aliphatic rings. The number of hydrogen-bond donors (Lipinski definition) is 4. The van der Waals surface area contributed by atoms with Gasteiger partial charge in [0.15, 0.2) is 0 Å². The highest BCUT2D eigenvalue weighted by Crippen LogP contribution is 2.38. The third-order valence-corrected chi connectivity index (χ3v) is 6.58. The van der Waals surface area contributed by atoms with E-state index in [0.717, 1.165) is 53.4 Å². The summed E-state index contributed by atoms with van der Waals surface area (Å²) in [6.07, 6.45) is 5.39. The smallest absolute Gasteiger partial charge is 0.131 e. The van der Waals surface area contributed by atoms with Gasteiger partial charge in [-0.15, -0.1) is 0 Å². The Labute approximate surface area is 187 Å². The first-order valence-electron chi connectivity index (χ1n) is 11.1. The lowest BCUT2D eigenvalue weighted by molar-refractivity contribution is 0.0680. The number of anilines is 2. The number of ether oxygens (including phenoxy) is 1. The predicted molar refractivity (Wildman–Crippen MR) is 130 cm³/mol. The van der Waals surface area contributed by atoms with Crippen LogP contribution in [-0.2, 0) is 17.6 Å². The molecule has 0 amide bonds. The van der Waals surface area contributed by atoms with Crippen molar-refractivity contribution in [3.8, 4) is 11.3 Å². The van der Waals surface area contributed by atoms with E-state index in [2.05, 4.69) is 0 Å². The fraction of sp³-hybridized carbons (Fsp3) is 0.320. The zero-order valence-corrected chi connectivity index (χ0v) is 18.1. The van der Waals surface area contributed by atoms with Crippen LogP contribution in [-0.4, -0.2) is 48.2 Å². The van der Waals surface area contributed by atoms with E-state index in [1.165, 1.54) is 17.3 Å². The average molecular weight is 429 g/mol. The third kappa shape index (κ3) is 3.39. The Morgan fingerprint density at radius 2 is 1.72 bits per heavy atom. The van der Waals surface area contributed by atoms with Gasteiger partial charge in [-0.05, 0) is 61.1 Å². The van der Waals surface area contributed by atoms with Crippen LogP contribution in [0.1, 0.15) is 35.1 Å². The molecule has 3 aromatic rings. The van der Waals surface area contributed by atoms with Gasteiger partial charge in [-0.25, -0.2) is 4.98 Å². The second-order valence-electron chi connectivity index (χ2n) is 8.48. The number of morpholine rings is 1. The summed E-state index contributed by atoms with van der Waals surface area (Å²) in [4.78, 5) is 7.13. The molecule has 0 spiro atoms. The van der Waals surface area contributed by atoms with Crippen LogP contribution in [0, 0.1) is 10.8 Å². The maximum atomic E-state index is 8.98. The summed E-state index contributed by atoms with van der Waals surface area (Å²) in [5, 5.41) is 17.7. The summed E-state index contributed by atoms with van der Waals surface area (Å²) >= 11 is 0. The molecule has 1 saturated heterocycles. The monoisotopic (exact) mass is 428 g/mol. The van der Waals surface area contributed by atoms with Crippen molar-refractivity contribution in [1.29, 1.82) is 10.8 Å². The van der Waals surface area contributed by atoms with Gasteiger partial charge >= 0.3 is 0 Å². The lowest BCUT2D eigenvalue weighted by Crippen LogP contribution is -2.41. The summed E-state index contributed by atoms with van der Waals surface area (Å²) < 4.78 is 5.48. The van der Waals surface area contributed by atoms with Gasteiger partial charge in [-0.3, -0.25) is 5.41 Å². The lowest BCUT2D eigenvalue weighted by Gasteiger charge is -2.31. The first-order chi connectivity index (χ1) is 15.6. The van der Waals surface area contributed by atoms with Gasteiger partial charge in [0.1, 0.15) is 5.84 Å². The Hall–Kier alpha value is -3.45. The number of aryl methyl sites for hydroxylation is 1. The molecule has 7 heteroatoms. The molecular weight excluding hydrogens is 400 g/mol. The van der Waals surface area contributed by atoms with Crippen molar-refractivity contribution in [2.75, 3.05) is 37.8 Å². The summed E-state index contributed by atoms with van der Waals surface area (Å²) in [5.74, 6) is 0.456. The van der Waals surface area contributed by atoms with E-state index in [-0.39, 0.29) is 0 Å². The van der Waals surface area contributed by atoms with Gasteiger partial charge < -0.3 is 26.5 Å². The summed E-state index contributed by atoms with van der Waals surface area (Å²) in [6.45, 7) is 2.64. The molecule has 0 unspecified atom stereocenters. The van der Waals surface area contributed by atoms with E-state index in [4.69, 9.17) is 32.0 Å². The largest absolute Gasteiger partial charge is 0.398 e. The number of nitrogens with one attached hydrogen (secondary N) is 2. The molecule has 7 nitrogen and oxygen atoms in total. The topological polar surface area (TPSA) is 125 Å². The maximum Gasteiger partial charge on any atom is 0.131 e. The summed E-state index contributed by atoms with van der Waals surface area (Å²) in [6, 6.07) is 9.61. The molecule has 0 bridgehead atoms. The number of nitrogens with two attached hydrogens (primary N) is 2. The number of benzene rings is 2. The first-order valence-corrected chi connectivity index (χ1v) is 11.1. The van der Waals surface area contributed by atoms with Gasteiger partial charge in [0.2, 0.25) is 0 Å². The van der Waals surface area contributed by atoms with Crippen LogP contribution in [0.15, 0.2) is 30.3 Å². The third-order valence-electron chi connectivity index (χ3n) is 6.58. The fourth-order valence-electron chi connectivity index (χ4n) is 4.92. The molecule has 2 aromatic carbocycles. The van der Waals surface area contributed by atoms with Crippen molar-refractivity contribution in [2.24, 2.45) is 0 Å². The SMILES string of the molecule is N=Cc1cc(-c2nc3ccc(N)c(C(=N)N4CCOCC4)c3c3c2CCCC3)ccc1N. The van der Waals surface area contributed by atoms with Gasteiger partial charge in [-0.2, -0.15) is 0 Å². The van der Waals surface area contributed by atoms with Gasteiger partial charge in [0, 0.05) is 52.8 Å². The number of aromatic nitrogens is 1. The van der Waals surface area contributed by atoms with Gasteiger partial charge in [-0.1, -0.05) is 6.07 Å². The van der Waals surface area contributed by atoms with Crippen LogP contribution in [0.4, 0.5) is 11.4 Å². The van der Waals surface area contributed by atoms with E-state index in [9.17, 15) is 0 Å². The van der Waals surface area contributed by atoms with E-state index in [1.807, 2.05) is 35.2 Å². The van der Waals surface area contributed by atoms with Crippen LogP contribution >= 0.6 is 0 Å². The molecule has 0 saturated carbocycles. The summed E-state index contributed by atoms with van der Waals surface area (Å²) in [5.41, 5.74) is 20.4. The molecule has 0 atom stereocenters. The Bertz CT molecular complexity index is 1230. The van der Waals surface area contributed by atoms with E-state index in [0.29, 0.717) is 49.1 Å². The molecule has 6 N–H and O–H groups in total. The Kier molecular flexibility index (Phi) is 5.27. The Balaban J connectivity index is 1.74. The highest BCUT2D eigenvalue weighted by molar-refractivity contribution is 6.13. The van der Waals surface area contributed by atoms with Crippen LogP contribution in [0.5, 0.6) is 0 Å². The lowest BCUT2D eigenvalue weighted by atomic mass is 9.84. The minimum Gasteiger partial charge on any atom is -0.398 e. The van der Waals surface area contributed by atoms with Crippen LogP contribution in [0.2, 0.25) is 0 Å². The van der Waals surface area contributed by atoms with E-state index >= 15 is 0 Å². The number of pyridine rings is 1. The predicted octanol–water partition coefficient (Wildman–Crippen LogP) is 3.60. The molecule has 2 heterocycles. The van der Waals surface area contributed by atoms with Crippen molar-refractivity contribution in [1.82, 2.24) is 9.88 Å². The van der Waals surface area contributed by atoms with Crippen LogP contribution < -0.4 is 11.5 Å². The number of nitrogen functional groups attached to an aromatic ring is 2. The van der Waals surface area contributed by atoms with Crippen molar-refractivity contribution in [3.63, 3.8) is 0 Å². The molecule has 0 radical (unpaired) electrons. The zero-order valence-electron chi connectivity index (χ0n) is 18.1. The maximum absolute atomic E-state index is 8.98. The Morgan fingerprint density at radius 3 is 2.47 bits per heavy atom. The van der Waals surface area contributed by atoms with E-state index < -0.39 is 0 Å². The average Bonchev–Trinajstić information content (AvgIpc) is 2.84. The van der Waals surface area contributed by atoms with Gasteiger partial charge in [0.05, 0.1) is 24.4 Å². The van der Waals surface area contributed by atoms with Crippen LogP contribution in [0.3, 0.4) is 0 Å². The molecule has 5 rings (SSSR count). The molecule has 32 heavy (non-hydrogen) atoms. The number of hydrogen-bond acceptors (Lipinski definition) is 6. The minimum absolute atomic E-state index is 0.456. The van der Waals surface area contributed by atoms with Crippen molar-refractivity contribution in [2.45, 2.75) is 25.7 Å². The molecule has 1 fully saturated rings. The highest BCUT2D eigenvalue weighted by Gasteiger charge is 2.26. The van der Waals surface area contributed by atoms with Crippen molar-refractivity contribution >= 4 is 34.3 Å². The number of rotatable bonds is 3. The normalized spacial score (nSPS) is 16.1. The zero-order chi connectivity index (χ0) is 22.2. The van der Waals surface area contributed by atoms with Crippen LogP contribution in [0.25, 0.3) is 22.2 Å². The first kappa shape index (κ1) is 20.5. The molecular formula is C25H28N6O. The fourth-order valence-corrected chi connectivity index (χ4v) is 4.92. The molecule has 1 aliphatic carbocycles. The molecule has 164 valence electrons. The standard InChI is InChI=1S/C25H28N6O/c26-14-16-13-15(5-6-19(16)27)24-18-4-2-1-3-17(18)22-21(30-24)8-7-20(28)23(22)25(29)31-9-11-32-12-10-31/h5-8,13-14,26,29H,1-4,9-12,27-28H2. The highest BCUT2D eigenvalue weighted by atomic mass is 16.5. The summed E-state index contributed by atoms with van der Waals surface area (Å²) in [7, 11) is 0. The van der Waals surface area contributed by atoms with E-state index in [1.54, 1.807) is 0 Å². The van der Waals surface area contributed by atoms with Crippen molar-refractivity contribution < 1.29 is 4.74 Å². The minimum atomic E-state index is 0.456. The van der Waals surface area contributed by atoms with Gasteiger partial charge in [0.25, 0.3) is 0 Å². The van der Waals surface area contributed by atoms with Crippen molar-refractivity contribution in [3.05, 3.63) is 52.6 Å². The molecule has 1 aromatic heterocycles. The second-order valence-corrected chi connectivity index (χ2v) is 8.48. The Morgan fingerprint density at radius 1 is 1.00 bits per heavy atom. The quantitative estimate of drug-likeness (QED) is 0.288. The number of fused-ring (bicyclic) bond motifs is 3. The number of nitrogens with zero attached hydrogens (tertiary/aromatic N) is 2. The molecule has 1 aliphatic heterocycles. The second kappa shape index (κ2) is 8.24. The number of amidine groups is 1.